The number of benzene rings is 1. The Morgan fingerprint density at radius 2 is 2.10 bits per heavy atom. The number of ether oxygens (including phenoxy) is 1. The van der Waals surface area contributed by atoms with Crippen molar-refractivity contribution in [3.63, 3.8) is 0 Å². The molecule has 0 unspecified atom stereocenters. The molecule has 1 aliphatic heterocycles. The van der Waals surface area contributed by atoms with E-state index in [1.54, 1.807) is 13.8 Å². The Balaban J connectivity index is 2.42. The van der Waals surface area contributed by atoms with Crippen molar-refractivity contribution in [3.8, 4) is 0 Å². The number of sulfonamides is 1. The summed E-state index contributed by atoms with van der Waals surface area (Å²) in [6.07, 6.45) is 0. The van der Waals surface area contributed by atoms with Crippen molar-refractivity contribution in [1.29, 1.82) is 0 Å². The van der Waals surface area contributed by atoms with Gasteiger partial charge in [-0.05, 0) is 31.5 Å². The average molecular weight is 356 g/mol. The van der Waals surface area contributed by atoms with Crippen LogP contribution in [0.3, 0.4) is 0 Å². The Morgan fingerprint density at radius 1 is 1.43 bits per heavy atom. The Hall–Kier alpha value is -0.400. The minimum Gasteiger partial charge on any atom is -0.373 e. The number of hydrogen-bond donors (Lipinski definition) is 0. The minimum atomic E-state index is -3.81. The zero-order valence-electron chi connectivity index (χ0n) is 11.7. The van der Waals surface area contributed by atoms with Crippen LogP contribution in [0.2, 0.25) is 5.02 Å². The van der Waals surface area contributed by atoms with Gasteiger partial charge in [-0.3, -0.25) is 0 Å². The van der Waals surface area contributed by atoms with Gasteiger partial charge >= 0.3 is 0 Å². The van der Waals surface area contributed by atoms with Crippen molar-refractivity contribution in [2.24, 2.45) is 0 Å². The highest BCUT2D eigenvalue weighted by molar-refractivity contribution is 7.89. The molecule has 118 valence electrons. The molecule has 0 aliphatic carbocycles. The normalized spacial score (nSPS) is 19.7. The second kappa shape index (κ2) is 6.01. The van der Waals surface area contributed by atoms with Gasteiger partial charge in [0.25, 0.3) is 0 Å². The quantitative estimate of drug-likeness (QED) is 0.783. The van der Waals surface area contributed by atoms with Crippen molar-refractivity contribution >= 4 is 33.2 Å². The fourth-order valence-electron chi connectivity index (χ4n) is 2.19. The average Bonchev–Trinajstić information content (AvgIpc) is 2.40. The van der Waals surface area contributed by atoms with Crippen LogP contribution in [0.4, 0.5) is 4.39 Å². The molecular weight excluding hydrogens is 340 g/mol. The molecule has 0 atom stereocenters. The summed E-state index contributed by atoms with van der Waals surface area (Å²) < 4.78 is 45.8. The van der Waals surface area contributed by atoms with Crippen LogP contribution < -0.4 is 0 Å². The summed E-state index contributed by atoms with van der Waals surface area (Å²) in [4.78, 5) is -0.141. The Labute approximate surface area is 133 Å². The molecule has 0 spiro atoms. The number of hydrogen-bond acceptors (Lipinski definition) is 3. The van der Waals surface area contributed by atoms with Crippen molar-refractivity contribution < 1.29 is 17.5 Å². The third-order valence-corrected chi connectivity index (χ3v) is 5.78. The molecule has 8 heteroatoms. The van der Waals surface area contributed by atoms with E-state index in [-0.39, 0.29) is 34.5 Å². The first-order valence-electron chi connectivity index (χ1n) is 6.35. The zero-order valence-corrected chi connectivity index (χ0v) is 14.0. The summed E-state index contributed by atoms with van der Waals surface area (Å²) in [5.41, 5.74) is -0.324. The second-order valence-electron chi connectivity index (χ2n) is 5.46. The molecule has 0 N–H and O–H groups in total. The summed E-state index contributed by atoms with van der Waals surface area (Å²) >= 11 is 11.4. The number of nitrogens with zero attached hydrogens (tertiary/aromatic N) is 1. The molecule has 21 heavy (non-hydrogen) atoms. The van der Waals surface area contributed by atoms with Crippen LogP contribution in [0.25, 0.3) is 0 Å². The molecule has 0 amide bonds. The summed E-state index contributed by atoms with van der Waals surface area (Å²) in [5, 5.41) is -0.147. The fourth-order valence-corrected chi connectivity index (χ4v) is 4.28. The van der Waals surface area contributed by atoms with Crippen LogP contribution in [-0.4, -0.2) is 38.0 Å². The molecule has 0 aromatic heterocycles. The van der Waals surface area contributed by atoms with E-state index in [4.69, 9.17) is 27.9 Å². The van der Waals surface area contributed by atoms with E-state index in [0.717, 1.165) is 6.07 Å². The highest BCUT2D eigenvalue weighted by Gasteiger charge is 2.35. The Morgan fingerprint density at radius 3 is 2.67 bits per heavy atom. The van der Waals surface area contributed by atoms with Crippen LogP contribution in [0, 0.1) is 5.82 Å². The first-order chi connectivity index (χ1) is 9.67. The molecule has 4 nitrogen and oxygen atoms in total. The van der Waals surface area contributed by atoms with Crippen LogP contribution in [0.1, 0.15) is 19.4 Å². The maximum atomic E-state index is 13.8. The zero-order chi connectivity index (χ0) is 15.8. The highest BCUT2D eigenvalue weighted by atomic mass is 35.5. The van der Waals surface area contributed by atoms with E-state index in [1.165, 1.54) is 10.4 Å². The predicted octanol–water partition coefficient (Wildman–Crippen LogP) is 3.02. The predicted molar refractivity (Wildman–Crippen MR) is 79.8 cm³/mol. The topological polar surface area (TPSA) is 46.6 Å². The van der Waals surface area contributed by atoms with Gasteiger partial charge in [0, 0.05) is 19.0 Å². The highest BCUT2D eigenvalue weighted by Crippen LogP contribution is 2.29. The van der Waals surface area contributed by atoms with Crippen molar-refractivity contribution in [1.82, 2.24) is 4.31 Å². The molecule has 0 saturated carbocycles. The summed E-state index contributed by atoms with van der Waals surface area (Å²) in [7, 11) is -3.81. The third-order valence-electron chi connectivity index (χ3n) is 3.25. The third kappa shape index (κ3) is 3.51. The smallest absolute Gasteiger partial charge is 0.243 e. The lowest BCUT2D eigenvalue weighted by Crippen LogP contribution is -2.50. The van der Waals surface area contributed by atoms with Gasteiger partial charge in [-0.15, -0.1) is 11.6 Å². The molecular formula is C13H16Cl2FNO3S. The Bertz CT molecular complexity index is 649. The fraction of sp³-hybridized carbons (Fsp3) is 0.538. The van der Waals surface area contributed by atoms with Gasteiger partial charge in [0.2, 0.25) is 10.0 Å². The molecule has 1 saturated heterocycles. The first kappa shape index (κ1) is 17.0. The molecule has 1 aromatic carbocycles. The van der Waals surface area contributed by atoms with Gasteiger partial charge in [0.15, 0.2) is 0 Å². The summed E-state index contributed by atoms with van der Waals surface area (Å²) in [5.74, 6) is -0.853. The summed E-state index contributed by atoms with van der Waals surface area (Å²) in [6.45, 7) is 4.34. The van der Waals surface area contributed by atoms with Crippen molar-refractivity contribution in [3.05, 3.63) is 28.5 Å². The number of alkyl halides is 1. The van der Waals surface area contributed by atoms with E-state index in [9.17, 15) is 12.8 Å². The molecule has 1 aromatic rings. The minimum absolute atomic E-state index is 0.0618. The lowest BCUT2D eigenvalue weighted by atomic mass is 10.1. The van der Waals surface area contributed by atoms with E-state index in [0.29, 0.717) is 6.61 Å². The van der Waals surface area contributed by atoms with Gasteiger partial charge in [0.1, 0.15) is 5.82 Å². The molecule has 1 aliphatic rings. The summed E-state index contributed by atoms with van der Waals surface area (Å²) in [6, 6.07) is 2.24. The number of halogens is 3. The van der Waals surface area contributed by atoms with Crippen LogP contribution >= 0.6 is 23.2 Å². The van der Waals surface area contributed by atoms with Gasteiger partial charge in [0.05, 0.1) is 22.1 Å². The first-order valence-corrected chi connectivity index (χ1v) is 8.70. The van der Waals surface area contributed by atoms with E-state index < -0.39 is 21.4 Å². The largest absolute Gasteiger partial charge is 0.373 e. The van der Waals surface area contributed by atoms with Crippen LogP contribution in [0.15, 0.2) is 17.0 Å². The van der Waals surface area contributed by atoms with Crippen molar-refractivity contribution in [2.45, 2.75) is 30.2 Å². The van der Waals surface area contributed by atoms with Crippen LogP contribution in [-0.2, 0) is 20.6 Å². The van der Waals surface area contributed by atoms with Crippen molar-refractivity contribution in [2.75, 3.05) is 19.7 Å². The SMILES string of the molecule is CC1(C)CN(S(=O)(=O)c2cc(F)c(Cl)c(CCl)c2)CCO1. The molecule has 0 radical (unpaired) electrons. The van der Waals surface area contributed by atoms with Gasteiger partial charge in [-0.2, -0.15) is 4.31 Å². The van der Waals surface area contributed by atoms with Gasteiger partial charge in [-0.1, -0.05) is 11.6 Å². The van der Waals surface area contributed by atoms with E-state index in [2.05, 4.69) is 0 Å². The maximum absolute atomic E-state index is 13.8. The molecule has 0 bridgehead atoms. The second-order valence-corrected chi connectivity index (χ2v) is 8.04. The maximum Gasteiger partial charge on any atom is 0.243 e. The van der Waals surface area contributed by atoms with Gasteiger partial charge < -0.3 is 4.74 Å². The number of morpholine rings is 1. The molecule has 2 rings (SSSR count). The lowest BCUT2D eigenvalue weighted by Gasteiger charge is -2.37. The number of rotatable bonds is 3. The van der Waals surface area contributed by atoms with E-state index >= 15 is 0 Å². The lowest BCUT2D eigenvalue weighted by molar-refractivity contribution is -0.0640. The molecule has 1 fully saturated rings. The standard InChI is InChI=1S/C13H16Cl2FNO3S/c1-13(2)8-17(3-4-20-13)21(18,19)10-5-9(7-14)12(15)11(16)6-10/h5-6H,3-4,7-8H2,1-2H3. The van der Waals surface area contributed by atoms with Crippen LogP contribution in [0.5, 0.6) is 0 Å². The van der Waals surface area contributed by atoms with E-state index in [1.807, 2.05) is 0 Å². The Kier molecular flexibility index (Phi) is 4.85. The van der Waals surface area contributed by atoms with Gasteiger partial charge in [-0.25, -0.2) is 12.8 Å². The molecule has 1 heterocycles. The monoisotopic (exact) mass is 355 g/mol.